The lowest BCUT2D eigenvalue weighted by atomic mass is 9.85. The van der Waals surface area contributed by atoms with Gasteiger partial charge in [-0.3, -0.25) is 9.59 Å². The summed E-state index contributed by atoms with van der Waals surface area (Å²) in [4.78, 5) is 37.2. The Hall–Kier alpha value is -2.12. The van der Waals surface area contributed by atoms with Crippen LogP contribution in [0, 0.1) is 5.92 Å². The number of amides is 1. The predicted molar refractivity (Wildman–Crippen MR) is 102 cm³/mol. The second-order valence-corrected chi connectivity index (χ2v) is 7.27. The number of esters is 2. The van der Waals surface area contributed by atoms with E-state index in [1.165, 1.54) is 7.11 Å². The molecule has 27 heavy (non-hydrogen) atoms. The lowest BCUT2D eigenvalue weighted by molar-refractivity contribution is -0.160. The Morgan fingerprint density at radius 1 is 1.15 bits per heavy atom. The number of carbonyl (C=O) groups excluding carboxylic acids is 3. The number of hydrogen-bond donors (Lipinski definition) is 2. The molecule has 0 aliphatic carbocycles. The van der Waals surface area contributed by atoms with Gasteiger partial charge in [0.05, 0.1) is 25.7 Å². The maximum Gasteiger partial charge on any atom is 0.336 e. The molecule has 1 rings (SSSR count). The average molecular weight is 399 g/mol. The fraction of sp³-hybridized carbons (Fsp3) is 0.526. The van der Waals surface area contributed by atoms with Crippen molar-refractivity contribution in [2.24, 2.45) is 11.7 Å². The monoisotopic (exact) mass is 398 g/mol. The van der Waals surface area contributed by atoms with Gasteiger partial charge in [0.15, 0.2) is 5.54 Å². The highest BCUT2D eigenvalue weighted by molar-refractivity contribution is 6.30. The minimum atomic E-state index is -1.90. The first-order valence-electron chi connectivity index (χ1n) is 8.65. The first-order chi connectivity index (χ1) is 12.5. The number of methoxy groups -OCH3 is 1. The van der Waals surface area contributed by atoms with Gasteiger partial charge in [0.1, 0.15) is 0 Å². The molecule has 0 aliphatic rings. The number of carbonyl (C=O) groups is 3. The van der Waals surface area contributed by atoms with Gasteiger partial charge in [0, 0.05) is 5.02 Å². The third-order valence-electron chi connectivity index (χ3n) is 4.14. The molecule has 2 atom stereocenters. The summed E-state index contributed by atoms with van der Waals surface area (Å²) in [6.07, 6.45) is -0.550. The first-order valence-corrected chi connectivity index (χ1v) is 9.03. The van der Waals surface area contributed by atoms with Crippen LogP contribution in [-0.4, -0.2) is 36.6 Å². The Bertz CT molecular complexity index is 675. The van der Waals surface area contributed by atoms with Gasteiger partial charge in [-0.2, -0.15) is 0 Å². The summed E-state index contributed by atoms with van der Waals surface area (Å²) in [6, 6.07) is 5.89. The van der Waals surface area contributed by atoms with Crippen molar-refractivity contribution in [1.82, 2.24) is 5.32 Å². The molecule has 0 heterocycles. The van der Waals surface area contributed by atoms with Gasteiger partial charge >= 0.3 is 11.9 Å². The van der Waals surface area contributed by atoms with E-state index in [0.717, 1.165) is 0 Å². The average Bonchev–Trinajstić information content (AvgIpc) is 2.59. The molecule has 1 amide bonds. The summed E-state index contributed by atoms with van der Waals surface area (Å²) in [5, 5.41) is 3.20. The molecule has 1 aromatic rings. The first kappa shape index (κ1) is 22.9. The predicted octanol–water partition coefficient (Wildman–Crippen LogP) is 2.37. The van der Waals surface area contributed by atoms with Crippen molar-refractivity contribution in [2.75, 3.05) is 7.11 Å². The van der Waals surface area contributed by atoms with Crippen molar-refractivity contribution < 1.29 is 23.9 Å². The number of nitrogens with two attached hydrogens (primary N) is 1. The fourth-order valence-corrected chi connectivity index (χ4v) is 2.50. The normalized spacial score (nSPS) is 14.4. The van der Waals surface area contributed by atoms with Gasteiger partial charge < -0.3 is 20.5 Å². The van der Waals surface area contributed by atoms with Crippen LogP contribution in [0.3, 0.4) is 0 Å². The molecule has 0 saturated heterocycles. The second-order valence-electron chi connectivity index (χ2n) is 6.84. The second kappa shape index (κ2) is 9.71. The molecule has 0 bridgehead atoms. The van der Waals surface area contributed by atoms with Crippen LogP contribution in [0.5, 0.6) is 0 Å². The Labute approximate surface area is 164 Å². The number of hydrogen-bond acceptors (Lipinski definition) is 6. The van der Waals surface area contributed by atoms with E-state index in [1.54, 1.807) is 52.0 Å². The molecule has 0 spiro atoms. The van der Waals surface area contributed by atoms with E-state index in [2.05, 4.69) is 5.32 Å². The quantitative estimate of drug-likeness (QED) is 0.514. The molecule has 0 saturated carbocycles. The summed E-state index contributed by atoms with van der Waals surface area (Å²) in [7, 11) is 1.25. The van der Waals surface area contributed by atoms with E-state index in [1.807, 2.05) is 0 Å². The van der Waals surface area contributed by atoms with E-state index in [0.29, 0.717) is 10.6 Å². The van der Waals surface area contributed by atoms with Gasteiger partial charge in [0.2, 0.25) is 0 Å². The number of ether oxygens (including phenoxy) is 2. The molecule has 7 nitrogen and oxygen atoms in total. The summed E-state index contributed by atoms with van der Waals surface area (Å²) in [5.74, 6) is -2.61. The van der Waals surface area contributed by atoms with Crippen LogP contribution in [0.1, 0.15) is 45.7 Å². The molecule has 2 unspecified atom stereocenters. The highest BCUT2D eigenvalue weighted by Gasteiger charge is 2.47. The third-order valence-corrected chi connectivity index (χ3v) is 4.40. The molecule has 1 aromatic carbocycles. The molecular weight excluding hydrogens is 372 g/mol. The molecule has 0 aliphatic heterocycles. The number of benzene rings is 1. The number of nitrogens with one attached hydrogen (secondary N) is 1. The SMILES string of the molecule is COC(=O)CC(NC(=O)C(N)(C(=O)OC(C)C)C(C)C)c1ccc(Cl)cc1. The minimum Gasteiger partial charge on any atom is -0.469 e. The van der Waals surface area contributed by atoms with Crippen LogP contribution >= 0.6 is 11.6 Å². The van der Waals surface area contributed by atoms with Crippen LogP contribution in [0.25, 0.3) is 0 Å². The van der Waals surface area contributed by atoms with Crippen molar-refractivity contribution in [3.63, 3.8) is 0 Å². The van der Waals surface area contributed by atoms with E-state index in [4.69, 9.17) is 26.8 Å². The van der Waals surface area contributed by atoms with Crippen LogP contribution in [0.4, 0.5) is 0 Å². The molecule has 150 valence electrons. The summed E-state index contributed by atoms with van der Waals surface area (Å²) < 4.78 is 9.87. The van der Waals surface area contributed by atoms with E-state index >= 15 is 0 Å². The highest BCUT2D eigenvalue weighted by Crippen LogP contribution is 2.23. The van der Waals surface area contributed by atoms with Crippen molar-refractivity contribution in [2.45, 2.75) is 51.8 Å². The van der Waals surface area contributed by atoms with Gasteiger partial charge in [-0.1, -0.05) is 37.6 Å². The van der Waals surface area contributed by atoms with Crippen molar-refractivity contribution in [3.05, 3.63) is 34.9 Å². The Morgan fingerprint density at radius 2 is 1.70 bits per heavy atom. The number of rotatable bonds is 8. The zero-order valence-corrected chi connectivity index (χ0v) is 17.0. The standard InChI is InChI=1S/C19H27ClN2O5/c1-11(2)19(21,18(25)27-12(3)4)17(24)22-15(10-16(23)26-5)13-6-8-14(20)9-7-13/h6-9,11-12,15H,10,21H2,1-5H3,(H,22,24). The maximum absolute atomic E-state index is 12.9. The highest BCUT2D eigenvalue weighted by atomic mass is 35.5. The van der Waals surface area contributed by atoms with Crippen molar-refractivity contribution >= 4 is 29.4 Å². The lowest BCUT2D eigenvalue weighted by Crippen LogP contribution is -2.64. The fourth-order valence-electron chi connectivity index (χ4n) is 2.38. The van der Waals surface area contributed by atoms with Crippen molar-refractivity contribution in [1.29, 1.82) is 0 Å². The van der Waals surface area contributed by atoms with Crippen molar-refractivity contribution in [3.8, 4) is 0 Å². The van der Waals surface area contributed by atoms with Crippen LogP contribution < -0.4 is 11.1 Å². The van der Waals surface area contributed by atoms with Gasteiger partial charge in [0.25, 0.3) is 5.91 Å². The number of halogens is 1. The van der Waals surface area contributed by atoms with E-state index in [9.17, 15) is 14.4 Å². The molecule has 0 fully saturated rings. The molecule has 3 N–H and O–H groups in total. The molecule has 8 heteroatoms. The van der Waals surface area contributed by atoms with Crippen LogP contribution in [0.2, 0.25) is 5.02 Å². The van der Waals surface area contributed by atoms with Gasteiger partial charge in [-0.05, 0) is 37.5 Å². The Balaban J connectivity index is 3.16. The maximum atomic E-state index is 12.9. The van der Waals surface area contributed by atoms with Gasteiger partial charge in [-0.15, -0.1) is 0 Å². The van der Waals surface area contributed by atoms with E-state index in [-0.39, 0.29) is 6.42 Å². The summed E-state index contributed by atoms with van der Waals surface area (Å²) >= 11 is 5.90. The largest absolute Gasteiger partial charge is 0.469 e. The van der Waals surface area contributed by atoms with Gasteiger partial charge in [-0.25, -0.2) is 4.79 Å². The van der Waals surface area contributed by atoms with Crippen LogP contribution in [-0.2, 0) is 23.9 Å². The smallest absolute Gasteiger partial charge is 0.336 e. The zero-order chi connectivity index (χ0) is 20.8. The van der Waals surface area contributed by atoms with Crippen LogP contribution in [0.15, 0.2) is 24.3 Å². The summed E-state index contributed by atoms with van der Waals surface area (Å²) in [5.41, 5.74) is 4.89. The van der Waals surface area contributed by atoms with E-state index < -0.39 is 41.4 Å². The molecule has 0 radical (unpaired) electrons. The molecular formula is C19H27ClN2O5. The Morgan fingerprint density at radius 3 is 2.15 bits per heavy atom. The molecule has 0 aromatic heterocycles. The summed E-state index contributed by atoms with van der Waals surface area (Å²) in [6.45, 7) is 6.65. The Kier molecular flexibility index (Phi) is 8.24. The lowest BCUT2D eigenvalue weighted by Gasteiger charge is -2.32. The minimum absolute atomic E-state index is 0.128. The third kappa shape index (κ3) is 5.94. The topological polar surface area (TPSA) is 108 Å². The zero-order valence-electron chi connectivity index (χ0n) is 16.2.